The third kappa shape index (κ3) is 1.30. The first-order valence-corrected chi connectivity index (χ1v) is 5.44. The van der Waals surface area contributed by atoms with E-state index in [0.717, 1.165) is 18.9 Å². The van der Waals surface area contributed by atoms with E-state index in [1.54, 1.807) is 0 Å². The Balaban J connectivity index is 2.21. The standard InChI is InChI=1S/C11H20FN/c1-8(2)11-4-9(3)6-13(11)7-10(12)5-11/h8-10H,4-7H2,1-3H3. The van der Waals surface area contributed by atoms with Crippen LogP contribution < -0.4 is 0 Å². The molecule has 0 bridgehead atoms. The highest BCUT2D eigenvalue weighted by Gasteiger charge is 2.52. The van der Waals surface area contributed by atoms with Crippen molar-refractivity contribution in [3.63, 3.8) is 0 Å². The van der Waals surface area contributed by atoms with Crippen molar-refractivity contribution in [2.75, 3.05) is 13.1 Å². The van der Waals surface area contributed by atoms with Crippen LogP contribution in [0, 0.1) is 11.8 Å². The Morgan fingerprint density at radius 2 is 2.00 bits per heavy atom. The van der Waals surface area contributed by atoms with Crippen LogP contribution in [0.3, 0.4) is 0 Å². The van der Waals surface area contributed by atoms with Gasteiger partial charge in [0.1, 0.15) is 6.17 Å². The van der Waals surface area contributed by atoms with Crippen molar-refractivity contribution in [2.24, 2.45) is 11.8 Å². The molecule has 0 radical (unpaired) electrons. The summed E-state index contributed by atoms with van der Waals surface area (Å²) in [4.78, 5) is 2.40. The average Bonchev–Trinajstić information content (AvgIpc) is 2.40. The number of hydrogen-bond donors (Lipinski definition) is 0. The van der Waals surface area contributed by atoms with E-state index in [1.807, 2.05) is 0 Å². The Morgan fingerprint density at radius 3 is 2.54 bits per heavy atom. The lowest BCUT2D eigenvalue weighted by atomic mass is 9.80. The molecule has 2 aliphatic rings. The summed E-state index contributed by atoms with van der Waals surface area (Å²) in [5, 5.41) is 0. The lowest BCUT2D eigenvalue weighted by molar-refractivity contribution is 0.136. The molecule has 0 aromatic heterocycles. The first-order chi connectivity index (χ1) is 6.04. The molecule has 0 aromatic rings. The van der Waals surface area contributed by atoms with Gasteiger partial charge in [0.25, 0.3) is 0 Å². The molecule has 0 spiro atoms. The molecule has 3 atom stereocenters. The van der Waals surface area contributed by atoms with E-state index in [-0.39, 0.29) is 5.54 Å². The number of hydrogen-bond acceptors (Lipinski definition) is 1. The van der Waals surface area contributed by atoms with Gasteiger partial charge in [0.05, 0.1) is 0 Å². The molecule has 0 saturated carbocycles. The van der Waals surface area contributed by atoms with Gasteiger partial charge in [-0.3, -0.25) is 4.90 Å². The van der Waals surface area contributed by atoms with Crippen molar-refractivity contribution < 1.29 is 4.39 Å². The maximum Gasteiger partial charge on any atom is 0.115 e. The van der Waals surface area contributed by atoms with Crippen LogP contribution in [-0.4, -0.2) is 29.7 Å². The van der Waals surface area contributed by atoms with Crippen LogP contribution in [0.5, 0.6) is 0 Å². The van der Waals surface area contributed by atoms with E-state index >= 15 is 0 Å². The number of rotatable bonds is 1. The first kappa shape index (κ1) is 9.45. The lowest BCUT2D eigenvalue weighted by Gasteiger charge is -2.35. The number of halogens is 1. The maximum atomic E-state index is 13.3. The monoisotopic (exact) mass is 185 g/mol. The Labute approximate surface area is 80.3 Å². The Bertz CT molecular complexity index is 188. The predicted octanol–water partition coefficient (Wildman–Crippen LogP) is 2.46. The van der Waals surface area contributed by atoms with Crippen LogP contribution >= 0.6 is 0 Å². The largest absolute Gasteiger partial charge is 0.294 e. The molecule has 0 aromatic carbocycles. The molecule has 2 aliphatic heterocycles. The van der Waals surface area contributed by atoms with Crippen LogP contribution in [0.15, 0.2) is 0 Å². The van der Waals surface area contributed by atoms with Gasteiger partial charge in [-0.25, -0.2) is 4.39 Å². The molecule has 2 heteroatoms. The molecule has 0 aliphatic carbocycles. The number of alkyl halides is 1. The molecule has 76 valence electrons. The van der Waals surface area contributed by atoms with Crippen LogP contribution in [0.25, 0.3) is 0 Å². The van der Waals surface area contributed by atoms with Crippen LogP contribution in [0.1, 0.15) is 33.6 Å². The van der Waals surface area contributed by atoms with Gasteiger partial charge in [0.15, 0.2) is 0 Å². The van der Waals surface area contributed by atoms with E-state index in [2.05, 4.69) is 25.7 Å². The van der Waals surface area contributed by atoms with Crippen molar-refractivity contribution >= 4 is 0 Å². The van der Waals surface area contributed by atoms with E-state index in [9.17, 15) is 4.39 Å². The molecule has 2 rings (SSSR count). The fourth-order valence-corrected chi connectivity index (χ4v) is 3.35. The fourth-order valence-electron chi connectivity index (χ4n) is 3.35. The number of nitrogens with zero attached hydrogens (tertiary/aromatic N) is 1. The Morgan fingerprint density at radius 1 is 1.31 bits per heavy atom. The normalized spacial score (nSPS) is 45.9. The Hall–Kier alpha value is -0.110. The van der Waals surface area contributed by atoms with E-state index < -0.39 is 6.17 Å². The van der Waals surface area contributed by atoms with E-state index in [0.29, 0.717) is 12.5 Å². The summed E-state index contributed by atoms with van der Waals surface area (Å²) in [5.74, 6) is 1.35. The highest BCUT2D eigenvalue weighted by molar-refractivity contribution is 5.06. The van der Waals surface area contributed by atoms with Gasteiger partial charge >= 0.3 is 0 Å². The molecule has 2 heterocycles. The van der Waals surface area contributed by atoms with E-state index in [4.69, 9.17) is 0 Å². The molecular formula is C11H20FN. The summed E-state index contributed by atoms with van der Waals surface area (Å²) in [6.45, 7) is 8.56. The molecular weight excluding hydrogens is 165 g/mol. The molecule has 3 unspecified atom stereocenters. The second kappa shape index (κ2) is 2.94. The highest BCUT2D eigenvalue weighted by atomic mass is 19.1. The van der Waals surface area contributed by atoms with Gasteiger partial charge in [-0.15, -0.1) is 0 Å². The second-order valence-corrected chi connectivity index (χ2v) is 5.27. The predicted molar refractivity (Wildman–Crippen MR) is 52.4 cm³/mol. The molecule has 2 saturated heterocycles. The van der Waals surface area contributed by atoms with Crippen LogP contribution in [0.4, 0.5) is 4.39 Å². The maximum absolute atomic E-state index is 13.3. The van der Waals surface area contributed by atoms with Gasteiger partial charge in [0, 0.05) is 18.6 Å². The van der Waals surface area contributed by atoms with Gasteiger partial charge in [0.2, 0.25) is 0 Å². The zero-order valence-electron chi connectivity index (χ0n) is 8.89. The van der Waals surface area contributed by atoms with Gasteiger partial charge in [-0.05, 0) is 24.7 Å². The average molecular weight is 185 g/mol. The third-order valence-corrected chi connectivity index (χ3v) is 3.93. The molecule has 2 fully saturated rings. The summed E-state index contributed by atoms with van der Waals surface area (Å²) < 4.78 is 13.3. The molecule has 1 nitrogen and oxygen atoms in total. The third-order valence-electron chi connectivity index (χ3n) is 3.93. The van der Waals surface area contributed by atoms with Crippen LogP contribution in [-0.2, 0) is 0 Å². The quantitative estimate of drug-likeness (QED) is 0.606. The zero-order chi connectivity index (χ0) is 9.64. The fraction of sp³-hybridized carbons (Fsp3) is 1.00. The smallest absolute Gasteiger partial charge is 0.115 e. The highest BCUT2D eigenvalue weighted by Crippen LogP contribution is 2.46. The SMILES string of the molecule is CC1CN2CC(F)CC2(C(C)C)C1. The minimum atomic E-state index is -0.574. The summed E-state index contributed by atoms with van der Waals surface area (Å²) in [6, 6.07) is 0. The molecule has 13 heavy (non-hydrogen) atoms. The van der Waals surface area contributed by atoms with Crippen molar-refractivity contribution in [3.05, 3.63) is 0 Å². The second-order valence-electron chi connectivity index (χ2n) is 5.27. The van der Waals surface area contributed by atoms with Crippen molar-refractivity contribution in [2.45, 2.75) is 45.3 Å². The summed E-state index contributed by atoms with van der Waals surface area (Å²) in [5.41, 5.74) is 0.207. The summed E-state index contributed by atoms with van der Waals surface area (Å²) >= 11 is 0. The zero-order valence-corrected chi connectivity index (χ0v) is 8.89. The summed E-state index contributed by atoms with van der Waals surface area (Å²) in [7, 11) is 0. The van der Waals surface area contributed by atoms with Crippen molar-refractivity contribution in [1.82, 2.24) is 4.90 Å². The van der Waals surface area contributed by atoms with Crippen molar-refractivity contribution in [1.29, 1.82) is 0 Å². The van der Waals surface area contributed by atoms with Gasteiger partial charge < -0.3 is 0 Å². The lowest BCUT2D eigenvalue weighted by Crippen LogP contribution is -2.42. The van der Waals surface area contributed by atoms with E-state index in [1.165, 1.54) is 6.42 Å². The Kier molecular flexibility index (Phi) is 2.14. The topological polar surface area (TPSA) is 3.24 Å². The first-order valence-electron chi connectivity index (χ1n) is 5.44. The van der Waals surface area contributed by atoms with Crippen LogP contribution in [0.2, 0.25) is 0 Å². The van der Waals surface area contributed by atoms with Gasteiger partial charge in [-0.2, -0.15) is 0 Å². The van der Waals surface area contributed by atoms with Gasteiger partial charge in [-0.1, -0.05) is 20.8 Å². The molecule has 0 N–H and O–H groups in total. The minimum absolute atomic E-state index is 0.207. The number of fused-ring (bicyclic) bond motifs is 1. The summed E-state index contributed by atoms with van der Waals surface area (Å²) in [6.07, 6.45) is 1.40. The minimum Gasteiger partial charge on any atom is -0.294 e. The van der Waals surface area contributed by atoms with Crippen molar-refractivity contribution in [3.8, 4) is 0 Å². The molecule has 0 amide bonds.